The third-order valence-corrected chi connectivity index (χ3v) is 5.67. The summed E-state index contributed by atoms with van der Waals surface area (Å²) in [5, 5.41) is 0. The van der Waals surface area contributed by atoms with Gasteiger partial charge in [-0.25, -0.2) is 9.59 Å². The van der Waals surface area contributed by atoms with Crippen molar-refractivity contribution in [1.82, 2.24) is 19.0 Å². The number of fused-ring (bicyclic) bond motifs is 2. The van der Waals surface area contributed by atoms with E-state index in [1.165, 1.54) is 0 Å². The van der Waals surface area contributed by atoms with E-state index in [-0.39, 0.29) is 17.6 Å². The fourth-order valence-electron chi connectivity index (χ4n) is 4.26. The molecular weight excluding hydrogens is 372 g/mol. The van der Waals surface area contributed by atoms with E-state index >= 15 is 0 Å². The molecule has 0 aliphatic carbocycles. The molecule has 1 unspecified atom stereocenters. The predicted octanol–water partition coefficient (Wildman–Crippen LogP) is 2.34. The van der Waals surface area contributed by atoms with Crippen molar-refractivity contribution in [3.05, 3.63) is 69.1 Å². The fourth-order valence-corrected chi connectivity index (χ4v) is 4.26. The van der Waals surface area contributed by atoms with Gasteiger partial charge < -0.3 is 14.3 Å². The molecule has 0 spiro atoms. The fraction of sp³-hybridized carbons (Fsp3) is 0.286. The molecule has 4 aromatic rings. The van der Waals surface area contributed by atoms with Crippen LogP contribution in [0.4, 0.5) is 0 Å². The van der Waals surface area contributed by atoms with E-state index in [4.69, 9.17) is 4.42 Å². The summed E-state index contributed by atoms with van der Waals surface area (Å²) >= 11 is 0. The first kappa shape index (κ1) is 17.5. The number of aromatic nitrogens is 3. The summed E-state index contributed by atoms with van der Waals surface area (Å²) in [4.78, 5) is 41.9. The summed E-state index contributed by atoms with van der Waals surface area (Å²) in [7, 11) is 0. The van der Waals surface area contributed by atoms with E-state index in [0.29, 0.717) is 42.7 Å². The molecule has 0 bridgehead atoms. The molecule has 3 heterocycles. The maximum absolute atomic E-state index is 13.0. The molecule has 29 heavy (non-hydrogen) atoms. The lowest BCUT2D eigenvalue weighted by Gasteiger charge is -2.17. The van der Waals surface area contributed by atoms with Gasteiger partial charge in [-0.05, 0) is 43.7 Å². The van der Waals surface area contributed by atoms with E-state index < -0.39 is 5.76 Å². The molecule has 0 radical (unpaired) electrons. The lowest BCUT2D eigenvalue weighted by atomic mass is 10.1. The van der Waals surface area contributed by atoms with Gasteiger partial charge in [0.15, 0.2) is 5.58 Å². The summed E-state index contributed by atoms with van der Waals surface area (Å²) < 4.78 is 8.61. The van der Waals surface area contributed by atoms with Gasteiger partial charge in [0.1, 0.15) is 0 Å². The Kier molecular flexibility index (Phi) is 3.94. The van der Waals surface area contributed by atoms with Crippen molar-refractivity contribution >= 4 is 28.0 Å². The number of amides is 1. The molecule has 8 heteroatoms. The highest BCUT2D eigenvalue weighted by Crippen LogP contribution is 2.26. The van der Waals surface area contributed by atoms with Crippen LogP contribution in [-0.2, 0) is 6.54 Å². The Hall–Kier alpha value is -3.55. The zero-order chi connectivity index (χ0) is 20.1. The van der Waals surface area contributed by atoms with E-state index in [1.54, 1.807) is 38.3 Å². The van der Waals surface area contributed by atoms with Gasteiger partial charge in [0.25, 0.3) is 5.91 Å². The molecule has 2 aromatic carbocycles. The average molecular weight is 392 g/mol. The lowest BCUT2D eigenvalue weighted by molar-refractivity contribution is 0.0787. The SMILES string of the molecule is CCn1c(=O)[nH]c2cc(C(=O)N3CCC(n4c(=O)oc5ccccc54)C3)ccc21. The summed E-state index contributed by atoms with van der Waals surface area (Å²) in [5.41, 5.74) is 3.07. The summed E-state index contributed by atoms with van der Waals surface area (Å²) in [6, 6.07) is 12.5. The lowest BCUT2D eigenvalue weighted by Crippen LogP contribution is -2.30. The minimum Gasteiger partial charge on any atom is -0.408 e. The molecule has 1 aliphatic rings. The molecule has 0 saturated carbocycles. The summed E-state index contributed by atoms with van der Waals surface area (Å²) in [6.45, 7) is 3.46. The summed E-state index contributed by atoms with van der Waals surface area (Å²) in [6.07, 6.45) is 0.681. The number of imidazole rings is 1. The monoisotopic (exact) mass is 392 g/mol. The Morgan fingerprint density at radius 1 is 1.17 bits per heavy atom. The van der Waals surface area contributed by atoms with Crippen LogP contribution in [0.15, 0.2) is 56.5 Å². The Labute approximate surface area is 165 Å². The number of aromatic amines is 1. The number of nitrogens with one attached hydrogen (secondary N) is 1. The van der Waals surface area contributed by atoms with Crippen LogP contribution in [0, 0.1) is 0 Å². The molecule has 1 saturated heterocycles. The maximum Gasteiger partial charge on any atom is 0.420 e. The maximum atomic E-state index is 13.0. The zero-order valence-corrected chi connectivity index (χ0v) is 15.9. The van der Waals surface area contributed by atoms with Gasteiger partial charge in [-0.15, -0.1) is 0 Å². The Morgan fingerprint density at radius 3 is 2.83 bits per heavy atom. The molecule has 8 nitrogen and oxygen atoms in total. The number of nitrogens with zero attached hydrogens (tertiary/aromatic N) is 3. The number of likely N-dealkylation sites (tertiary alicyclic amines) is 1. The number of hydrogen-bond donors (Lipinski definition) is 1. The van der Waals surface area contributed by atoms with Crippen molar-refractivity contribution in [2.45, 2.75) is 25.9 Å². The number of para-hydroxylation sites is 2. The third-order valence-electron chi connectivity index (χ3n) is 5.67. The number of aryl methyl sites for hydroxylation is 1. The number of hydrogen-bond acceptors (Lipinski definition) is 4. The van der Waals surface area contributed by atoms with Gasteiger partial charge in [-0.3, -0.25) is 13.9 Å². The van der Waals surface area contributed by atoms with Crippen LogP contribution in [0.2, 0.25) is 0 Å². The van der Waals surface area contributed by atoms with Crippen LogP contribution in [0.5, 0.6) is 0 Å². The zero-order valence-electron chi connectivity index (χ0n) is 15.9. The van der Waals surface area contributed by atoms with Crippen molar-refractivity contribution in [3.63, 3.8) is 0 Å². The van der Waals surface area contributed by atoms with Crippen LogP contribution in [0.3, 0.4) is 0 Å². The standard InChI is InChI=1S/C21H20N4O4/c1-2-24-16-8-7-13(11-15(16)22-20(24)27)19(26)23-10-9-14(12-23)25-17-5-3-4-6-18(17)29-21(25)28/h3-8,11,14H,2,9-10,12H2,1H3,(H,22,27). The Morgan fingerprint density at radius 2 is 2.00 bits per heavy atom. The molecule has 1 N–H and O–H groups in total. The molecule has 2 aromatic heterocycles. The van der Waals surface area contributed by atoms with Gasteiger partial charge >= 0.3 is 11.4 Å². The van der Waals surface area contributed by atoms with E-state index in [0.717, 1.165) is 11.0 Å². The van der Waals surface area contributed by atoms with Gasteiger partial charge in [-0.1, -0.05) is 12.1 Å². The average Bonchev–Trinajstić information content (AvgIpc) is 3.40. The van der Waals surface area contributed by atoms with Gasteiger partial charge in [-0.2, -0.15) is 0 Å². The van der Waals surface area contributed by atoms with Crippen molar-refractivity contribution < 1.29 is 9.21 Å². The minimum absolute atomic E-state index is 0.111. The molecular formula is C21H20N4O4. The first-order chi connectivity index (χ1) is 14.1. The molecule has 1 aliphatic heterocycles. The molecule has 5 rings (SSSR count). The van der Waals surface area contributed by atoms with Crippen LogP contribution in [0.25, 0.3) is 22.1 Å². The van der Waals surface area contributed by atoms with Crippen LogP contribution in [0.1, 0.15) is 29.7 Å². The normalized spacial score (nSPS) is 16.9. The first-order valence-corrected chi connectivity index (χ1v) is 9.68. The van der Waals surface area contributed by atoms with Crippen molar-refractivity contribution in [1.29, 1.82) is 0 Å². The van der Waals surface area contributed by atoms with Gasteiger partial charge in [0.05, 0.1) is 22.6 Å². The minimum atomic E-state index is -0.398. The largest absolute Gasteiger partial charge is 0.420 e. The van der Waals surface area contributed by atoms with Crippen LogP contribution < -0.4 is 11.4 Å². The number of carbonyl (C=O) groups excluding carboxylic acids is 1. The third kappa shape index (κ3) is 2.71. The Balaban J connectivity index is 1.43. The second kappa shape index (κ2) is 6.51. The Bertz CT molecular complexity index is 1360. The topological polar surface area (TPSA) is 93.2 Å². The smallest absolute Gasteiger partial charge is 0.408 e. The number of H-pyrrole nitrogens is 1. The number of oxazole rings is 1. The summed E-state index contributed by atoms with van der Waals surface area (Å²) in [5.74, 6) is -0.509. The number of carbonyl (C=O) groups is 1. The van der Waals surface area contributed by atoms with Gasteiger partial charge in [0.2, 0.25) is 0 Å². The second-order valence-corrected chi connectivity index (χ2v) is 7.31. The molecule has 148 valence electrons. The predicted molar refractivity (Wildman–Crippen MR) is 108 cm³/mol. The van der Waals surface area contributed by atoms with Crippen molar-refractivity contribution in [3.8, 4) is 0 Å². The van der Waals surface area contributed by atoms with Crippen LogP contribution in [-0.4, -0.2) is 38.0 Å². The van der Waals surface area contributed by atoms with Crippen LogP contribution >= 0.6 is 0 Å². The molecule has 1 atom stereocenters. The van der Waals surface area contributed by atoms with Gasteiger partial charge in [0, 0.05) is 25.2 Å². The quantitative estimate of drug-likeness (QED) is 0.579. The highest BCUT2D eigenvalue weighted by molar-refractivity contribution is 5.97. The first-order valence-electron chi connectivity index (χ1n) is 9.68. The van der Waals surface area contributed by atoms with Crippen molar-refractivity contribution in [2.75, 3.05) is 13.1 Å². The van der Waals surface area contributed by atoms with E-state index in [9.17, 15) is 14.4 Å². The molecule has 1 fully saturated rings. The van der Waals surface area contributed by atoms with Crippen molar-refractivity contribution in [2.24, 2.45) is 0 Å². The van der Waals surface area contributed by atoms with E-state index in [2.05, 4.69) is 4.98 Å². The molecule has 1 amide bonds. The number of rotatable bonds is 3. The second-order valence-electron chi connectivity index (χ2n) is 7.31. The highest BCUT2D eigenvalue weighted by atomic mass is 16.4. The number of benzene rings is 2. The highest BCUT2D eigenvalue weighted by Gasteiger charge is 2.30. The van der Waals surface area contributed by atoms with E-state index in [1.807, 2.05) is 25.1 Å².